The van der Waals surface area contributed by atoms with E-state index in [1.165, 1.54) is 0 Å². The number of furan rings is 1. The topological polar surface area (TPSA) is 78.1 Å². The van der Waals surface area contributed by atoms with E-state index in [1.54, 1.807) is 12.3 Å². The lowest BCUT2D eigenvalue weighted by atomic mass is 10.3. The number of hydrogen-bond acceptors (Lipinski definition) is 5. The molecule has 5 heteroatoms. The fourth-order valence-corrected chi connectivity index (χ4v) is 0.908. The van der Waals surface area contributed by atoms with Crippen molar-refractivity contribution in [3.63, 3.8) is 0 Å². The maximum Gasteiger partial charge on any atom is 0.318 e. The van der Waals surface area contributed by atoms with E-state index in [-0.39, 0.29) is 6.01 Å². The summed E-state index contributed by atoms with van der Waals surface area (Å²) in [6, 6.07) is 3.72. The molecule has 62 valence electrons. The molecule has 0 aliphatic heterocycles. The Morgan fingerprint density at radius 2 is 2.42 bits per heavy atom. The number of aromatic nitrogens is 2. The van der Waals surface area contributed by atoms with Crippen molar-refractivity contribution in [2.24, 2.45) is 0 Å². The van der Waals surface area contributed by atoms with Gasteiger partial charge in [0.15, 0.2) is 5.82 Å². The van der Waals surface area contributed by atoms with Crippen molar-refractivity contribution >= 4 is 6.01 Å². The van der Waals surface area contributed by atoms with Crippen LogP contribution >= 0.6 is 0 Å². The van der Waals surface area contributed by atoms with Gasteiger partial charge in [-0.05, 0) is 12.1 Å². The first-order valence-electron chi connectivity index (χ1n) is 3.45. The maximum atomic E-state index is 5.24. The van der Waals surface area contributed by atoms with Gasteiger partial charge in [0, 0.05) is 0 Å². The molecule has 0 unspecified atom stereocenters. The molecule has 0 bridgehead atoms. The molecule has 2 aromatic heterocycles. The van der Waals surface area contributed by atoms with Crippen LogP contribution in [0, 0.1) is 0 Å². The maximum absolute atomic E-state index is 5.24. The highest BCUT2D eigenvalue weighted by Crippen LogP contribution is 2.07. The summed E-state index contributed by atoms with van der Waals surface area (Å²) < 4.78 is 9.67. The van der Waals surface area contributed by atoms with Crippen molar-refractivity contribution in [1.82, 2.24) is 10.1 Å². The van der Waals surface area contributed by atoms with E-state index in [9.17, 15) is 0 Å². The van der Waals surface area contributed by atoms with Gasteiger partial charge in [-0.1, -0.05) is 5.16 Å². The largest absolute Gasteiger partial charge is 0.469 e. The van der Waals surface area contributed by atoms with Gasteiger partial charge in [-0.3, -0.25) is 0 Å². The lowest BCUT2D eigenvalue weighted by Crippen LogP contribution is -1.89. The van der Waals surface area contributed by atoms with Crippen molar-refractivity contribution < 1.29 is 8.94 Å². The highest BCUT2D eigenvalue weighted by Gasteiger charge is 2.04. The van der Waals surface area contributed by atoms with Gasteiger partial charge in [0.05, 0.1) is 12.7 Å². The zero-order chi connectivity index (χ0) is 8.39. The fourth-order valence-electron chi connectivity index (χ4n) is 0.908. The quantitative estimate of drug-likeness (QED) is 0.713. The van der Waals surface area contributed by atoms with Gasteiger partial charge in [0.2, 0.25) is 0 Å². The van der Waals surface area contributed by atoms with Crippen LogP contribution in [0.3, 0.4) is 0 Å². The first-order chi connectivity index (χ1) is 5.84. The van der Waals surface area contributed by atoms with Crippen molar-refractivity contribution in [2.75, 3.05) is 5.73 Å². The second-order valence-electron chi connectivity index (χ2n) is 2.30. The minimum atomic E-state index is 0.0801. The number of rotatable bonds is 2. The normalized spacial score (nSPS) is 10.3. The standard InChI is InChI=1S/C7H7N3O2/c8-7-9-6(10-12-7)4-5-2-1-3-11-5/h1-3H,4H2,(H2,8,9,10). The van der Waals surface area contributed by atoms with Gasteiger partial charge in [-0.2, -0.15) is 4.98 Å². The van der Waals surface area contributed by atoms with Crippen LogP contribution in [0.15, 0.2) is 27.3 Å². The number of nitrogens with two attached hydrogens (primary N) is 1. The molecular weight excluding hydrogens is 158 g/mol. The lowest BCUT2D eigenvalue weighted by molar-refractivity contribution is 0.424. The Balaban J connectivity index is 2.14. The third-order valence-corrected chi connectivity index (χ3v) is 1.40. The Morgan fingerprint density at radius 3 is 3.00 bits per heavy atom. The van der Waals surface area contributed by atoms with Crippen molar-refractivity contribution in [2.45, 2.75) is 6.42 Å². The van der Waals surface area contributed by atoms with Crippen molar-refractivity contribution in [3.8, 4) is 0 Å². The van der Waals surface area contributed by atoms with E-state index >= 15 is 0 Å². The smallest absolute Gasteiger partial charge is 0.318 e. The predicted octanol–water partition coefficient (Wildman–Crippen LogP) is 0.836. The molecule has 0 aliphatic rings. The second kappa shape index (κ2) is 2.69. The van der Waals surface area contributed by atoms with Crippen LogP contribution in [0.1, 0.15) is 11.6 Å². The molecule has 12 heavy (non-hydrogen) atoms. The Labute approximate surface area is 68.2 Å². The molecule has 0 atom stereocenters. The van der Waals surface area contributed by atoms with Crippen molar-refractivity contribution in [1.29, 1.82) is 0 Å². The Morgan fingerprint density at radius 1 is 1.50 bits per heavy atom. The molecule has 2 N–H and O–H groups in total. The number of anilines is 1. The first kappa shape index (κ1) is 6.90. The van der Waals surface area contributed by atoms with Gasteiger partial charge < -0.3 is 14.7 Å². The third-order valence-electron chi connectivity index (χ3n) is 1.40. The van der Waals surface area contributed by atoms with Gasteiger partial charge in [0.1, 0.15) is 5.76 Å². The van der Waals surface area contributed by atoms with E-state index in [2.05, 4.69) is 14.7 Å². The zero-order valence-corrected chi connectivity index (χ0v) is 6.23. The average Bonchev–Trinajstić information content (AvgIpc) is 2.63. The van der Waals surface area contributed by atoms with Crippen molar-refractivity contribution in [3.05, 3.63) is 30.0 Å². The van der Waals surface area contributed by atoms with Gasteiger partial charge >= 0.3 is 6.01 Å². The summed E-state index contributed by atoms with van der Waals surface area (Å²) in [5, 5.41) is 3.62. The molecule has 5 nitrogen and oxygen atoms in total. The predicted molar refractivity (Wildman–Crippen MR) is 40.2 cm³/mol. The van der Waals surface area contributed by atoms with Crippen LogP contribution in [0.4, 0.5) is 6.01 Å². The Kier molecular flexibility index (Phi) is 1.55. The van der Waals surface area contributed by atoms with E-state index in [1.807, 2.05) is 6.07 Å². The average molecular weight is 165 g/mol. The minimum absolute atomic E-state index is 0.0801. The summed E-state index contributed by atoms with van der Waals surface area (Å²) in [6.07, 6.45) is 2.10. The van der Waals surface area contributed by atoms with E-state index in [4.69, 9.17) is 10.2 Å². The summed E-state index contributed by atoms with van der Waals surface area (Å²) in [7, 11) is 0. The molecule has 0 saturated heterocycles. The first-order valence-corrected chi connectivity index (χ1v) is 3.45. The summed E-state index contributed by atoms with van der Waals surface area (Å²) in [5.41, 5.74) is 5.24. The highest BCUT2D eigenvalue weighted by molar-refractivity contribution is 5.11. The third kappa shape index (κ3) is 1.29. The fraction of sp³-hybridized carbons (Fsp3) is 0.143. The molecular formula is C7H7N3O2. The summed E-state index contributed by atoms with van der Waals surface area (Å²) in [4.78, 5) is 3.83. The zero-order valence-electron chi connectivity index (χ0n) is 6.23. The minimum Gasteiger partial charge on any atom is -0.469 e. The molecule has 0 aromatic carbocycles. The van der Waals surface area contributed by atoms with Crippen LogP contribution in [0.5, 0.6) is 0 Å². The van der Waals surface area contributed by atoms with Crippen LogP contribution in [-0.2, 0) is 6.42 Å². The van der Waals surface area contributed by atoms with E-state index in [0.717, 1.165) is 5.76 Å². The van der Waals surface area contributed by atoms with Crippen LogP contribution in [0.25, 0.3) is 0 Å². The summed E-state index contributed by atoms with van der Waals surface area (Å²) in [5.74, 6) is 1.32. The van der Waals surface area contributed by atoms with E-state index < -0.39 is 0 Å². The molecule has 2 aromatic rings. The number of nitrogen functional groups attached to an aromatic ring is 1. The summed E-state index contributed by atoms with van der Waals surface area (Å²) >= 11 is 0. The summed E-state index contributed by atoms with van der Waals surface area (Å²) in [6.45, 7) is 0. The Bertz CT molecular complexity index is 352. The van der Waals surface area contributed by atoms with Crippen LogP contribution in [-0.4, -0.2) is 10.1 Å². The van der Waals surface area contributed by atoms with Crippen LogP contribution in [0.2, 0.25) is 0 Å². The van der Waals surface area contributed by atoms with E-state index in [0.29, 0.717) is 12.2 Å². The van der Waals surface area contributed by atoms with Gasteiger partial charge in [0.25, 0.3) is 0 Å². The molecule has 0 spiro atoms. The lowest BCUT2D eigenvalue weighted by Gasteiger charge is -1.86. The molecule has 0 saturated carbocycles. The molecule has 2 heterocycles. The SMILES string of the molecule is Nc1nc(Cc2ccco2)no1. The Hall–Kier alpha value is -1.78. The van der Waals surface area contributed by atoms with Crippen LogP contribution < -0.4 is 5.73 Å². The van der Waals surface area contributed by atoms with Gasteiger partial charge in [-0.25, -0.2) is 0 Å². The highest BCUT2D eigenvalue weighted by atomic mass is 16.5. The number of nitrogens with zero attached hydrogens (tertiary/aromatic N) is 2. The molecule has 2 rings (SSSR count). The monoisotopic (exact) mass is 165 g/mol. The second-order valence-corrected chi connectivity index (χ2v) is 2.30. The van der Waals surface area contributed by atoms with Gasteiger partial charge in [-0.15, -0.1) is 0 Å². The molecule has 0 aliphatic carbocycles. The molecule has 0 fully saturated rings. The molecule has 0 radical (unpaired) electrons. The molecule has 0 amide bonds. The number of hydrogen-bond donors (Lipinski definition) is 1.